The number of aliphatic hydroxyl groups is 1. The Morgan fingerprint density at radius 2 is 1.92 bits per heavy atom. The average molecular weight is 345 g/mol. The van der Waals surface area contributed by atoms with Crippen LogP contribution in [0.1, 0.15) is 56.6 Å². The van der Waals surface area contributed by atoms with Crippen LogP contribution < -0.4 is 0 Å². The fraction of sp³-hybridized carbons (Fsp3) is 0.500. The molecule has 0 aliphatic carbocycles. The first kappa shape index (κ1) is 19.2. The van der Waals surface area contributed by atoms with Gasteiger partial charge in [0.2, 0.25) is 5.91 Å². The number of carbonyl (C=O) groups is 2. The number of hydrogen-bond donors (Lipinski definition) is 2. The molecule has 0 bridgehead atoms. The Morgan fingerprint density at radius 1 is 1.20 bits per heavy atom. The van der Waals surface area contributed by atoms with Gasteiger partial charge in [0, 0.05) is 19.4 Å². The summed E-state index contributed by atoms with van der Waals surface area (Å²) in [5.41, 5.74) is 0.841. The Balaban J connectivity index is 1.78. The second-order valence-corrected chi connectivity index (χ2v) is 6.49. The molecule has 2 unspecified atom stereocenters. The lowest BCUT2D eigenvalue weighted by atomic mass is 10.1. The van der Waals surface area contributed by atoms with Gasteiger partial charge in [-0.1, -0.05) is 55.3 Å². The smallest absolute Gasteiger partial charge is 0.303 e. The van der Waals surface area contributed by atoms with E-state index in [1.807, 2.05) is 41.3 Å². The largest absolute Gasteiger partial charge is 0.481 e. The number of unbranched alkanes of at least 4 members (excludes halogenated alkanes) is 3. The van der Waals surface area contributed by atoms with Crippen LogP contribution in [0.4, 0.5) is 0 Å². The second kappa shape index (κ2) is 9.99. The highest BCUT2D eigenvalue weighted by molar-refractivity contribution is 5.79. The fourth-order valence-electron chi connectivity index (χ4n) is 3.15. The van der Waals surface area contributed by atoms with Gasteiger partial charge in [-0.3, -0.25) is 9.59 Å². The van der Waals surface area contributed by atoms with Crippen LogP contribution in [0.2, 0.25) is 0 Å². The van der Waals surface area contributed by atoms with Crippen molar-refractivity contribution in [1.82, 2.24) is 4.90 Å². The van der Waals surface area contributed by atoms with Gasteiger partial charge in [0.25, 0.3) is 0 Å². The summed E-state index contributed by atoms with van der Waals surface area (Å²) in [7, 11) is 0. The fourth-order valence-corrected chi connectivity index (χ4v) is 3.15. The molecule has 1 aliphatic rings. The van der Waals surface area contributed by atoms with Gasteiger partial charge >= 0.3 is 5.97 Å². The van der Waals surface area contributed by atoms with Crippen LogP contribution in [-0.4, -0.2) is 39.6 Å². The van der Waals surface area contributed by atoms with E-state index in [9.17, 15) is 14.7 Å². The van der Waals surface area contributed by atoms with Gasteiger partial charge in [0.1, 0.15) is 0 Å². The molecule has 1 heterocycles. The molecule has 0 saturated carbocycles. The number of rotatable bonds is 10. The summed E-state index contributed by atoms with van der Waals surface area (Å²) in [4.78, 5) is 24.4. The normalized spacial score (nSPS) is 18.8. The minimum atomic E-state index is -0.753. The van der Waals surface area contributed by atoms with Crippen LogP contribution in [0, 0.1) is 0 Å². The van der Waals surface area contributed by atoms with Crippen LogP contribution in [0.25, 0.3) is 0 Å². The summed E-state index contributed by atoms with van der Waals surface area (Å²) in [6, 6.07) is 9.50. The van der Waals surface area contributed by atoms with Crippen molar-refractivity contribution in [2.45, 2.75) is 57.1 Å². The summed E-state index contributed by atoms with van der Waals surface area (Å²) >= 11 is 0. The molecule has 1 saturated heterocycles. The molecule has 5 heteroatoms. The number of hydrogen-bond acceptors (Lipinski definition) is 3. The molecular weight excluding hydrogens is 318 g/mol. The third-order valence-corrected chi connectivity index (χ3v) is 4.57. The van der Waals surface area contributed by atoms with Crippen molar-refractivity contribution >= 4 is 11.9 Å². The maximum Gasteiger partial charge on any atom is 0.303 e. The van der Waals surface area contributed by atoms with Crippen LogP contribution in [0.3, 0.4) is 0 Å². The molecule has 1 amide bonds. The van der Waals surface area contributed by atoms with E-state index in [-0.39, 0.29) is 18.4 Å². The number of amides is 1. The molecule has 1 aromatic rings. The predicted octanol–water partition coefficient (Wildman–Crippen LogP) is 3.30. The number of aliphatic hydroxyl groups excluding tert-OH is 1. The van der Waals surface area contributed by atoms with Gasteiger partial charge in [-0.2, -0.15) is 0 Å². The minimum absolute atomic E-state index is 0.0462. The third kappa shape index (κ3) is 6.35. The van der Waals surface area contributed by atoms with E-state index in [1.165, 1.54) is 0 Å². The molecule has 5 nitrogen and oxygen atoms in total. The highest BCUT2D eigenvalue weighted by atomic mass is 16.4. The highest BCUT2D eigenvalue weighted by Crippen LogP contribution is 2.22. The minimum Gasteiger partial charge on any atom is -0.481 e. The zero-order valence-electron chi connectivity index (χ0n) is 14.5. The summed E-state index contributed by atoms with van der Waals surface area (Å²) < 4.78 is 0. The van der Waals surface area contributed by atoms with Gasteiger partial charge in [-0.25, -0.2) is 0 Å². The molecule has 0 aromatic heterocycles. The molecule has 1 aromatic carbocycles. The Hall–Kier alpha value is -2.14. The summed E-state index contributed by atoms with van der Waals surface area (Å²) in [5, 5.41) is 18.8. The lowest BCUT2D eigenvalue weighted by Gasteiger charge is -2.22. The Kier molecular flexibility index (Phi) is 7.67. The van der Waals surface area contributed by atoms with Gasteiger partial charge < -0.3 is 15.1 Å². The van der Waals surface area contributed by atoms with E-state index in [0.29, 0.717) is 19.4 Å². The number of nitrogens with zero attached hydrogens (tertiary/aromatic N) is 1. The molecule has 2 rings (SSSR count). The lowest BCUT2D eigenvalue weighted by Crippen LogP contribution is -2.32. The van der Waals surface area contributed by atoms with E-state index in [4.69, 9.17) is 5.11 Å². The van der Waals surface area contributed by atoms with Gasteiger partial charge in [-0.05, 0) is 24.8 Å². The lowest BCUT2D eigenvalue weighted by molar-refractivity contribution is -0.137. The van der Waals surface area contributed by atoms with E-state index in [1.54, 1.807) is 6.08 Å². The average Bonchev–Trinajstić information content (AvgIpc) is 2.96. The highest BCUT2D eigenvalue weighted by Gasteiger charge is 2.28. The topological polar surface area (TPSA) is 77.8 Å². The number of benzene rings is 1. The van der Waals surface area contributed by atoms with E-state index in [2.05, 4.69) is 0 Å². The monoisotopic (exact) mass is 345 g/mol. The molecule has 25 heavy (non-hydrogen) atoms. The summed E-state index contributed by atoms with van der Waals surface area (Å²) in [5.74, 6) is -0.591. The quantitative estimate of drug-likeness (QED) is 0.504. The Bertz CT molecular complexity index is 585. The first-order valence-corrected chi connectivity index (χ1v) is 9.00. The van der Waals surface area contributed by atoms with Crippen molar-refractivity contribution in [3.05, 3.63) is 48.0 Å². The molecule has 1 aliphatic heterocycles. The van der Waals surface area contributed by atoms with E-state index >= 15 is 0 Å². The number of likely N-dealkylation sites (tertiary alicyclic amines) is 1. The zero-order chi connectivity index (χ0) is 18.1. The third-order valence-electron chi connectivity index (χ3n) is 4.57. The Morgan fingerprint density at radius 3 is 2.64 bits per heavy atom. The van der Waals surface area contributed by atoms with Crippen molar-refractivity contribution in [2.24, 2.45) is 0 Å². The molecule has 1 fully saturated rings. The maximum atomic E-state index is 12.1. The molecule has 136 valence electrons. The predicted molar refractivity (Wildman–Crippen MR) is 96.0 cm³/mol. The summed E-state index contributed by atoms with van der Waals surface area (Å²) in [6.07, 6.45) is 7.98. The van der Waals surface area contributed by atoms with Crippen molar-refractivity contribution in [3.63, 3.8) is 0 Å². The van der Waals surface area contributed by atoms with Gasteiger partial charge in [0.05, 0.1) is 12.1 Å². The standard InChI is InChI=1S/C20H27NO4/c22-18(16-8-4-3-5-9-16)13-11-17-12-14-19(23)21(17)15-7-2-1-6-10-20(24)25/h3-5,8-9,11,13,17-18,22H,1-2,6-7,10,12,14-15H2,(H,24,25). The van der Waals surface area contributed by atoms with Crippen molar-refractivity contribution in [1.29, 1.82) is 0 Å². The van der Waals surface area contributed by atoms with Crippen LogP contribution in [-0.2, 0) is 9.59 Å². The zero-order valence-corrected chi connectivity index (χ0v) is 14.5. The second-order valence-electron chi connectivity index (χ2n) is 6.49. The van der Waals surface area contributed by atoms with Gasteiger partial charge in [-0.15, -0.1) is 0 Å². The molecule has 0 spiro atoms. The number of carbonyl (C=O) groups excluding carboxylic acids is 1. The van der Waals surface area contributed by atoms with Crippen molar-refractivity contribution in [2.75, 3.05) is 6.54 Å². The number of carboxylic acids is 1. The number of carboxylic acid groups (broad SMARTS) is 1. The first-order chi connectivity index (χ1) is 12.1. The molecule has 0 radical (unpaired) electrons. The SMILES string of the molecule is O=C(O)CCCCCCN1C(=O)CCC1C=CC(O)c1ccccc1. The summed E-state index contributed by atoms with van der Waals surface area (Å²) in [6.45, 7) is 0.697. The molecule has 2 N–H and O–H groups in total. The van der Waals surface area contributed by atoms with E-state index in [0.717, 1.165) is 31.2 Å². The van der Waals surface area contributed by atoms with E-state index < -0.39 is 12.1 Å². The van der Waals surface area contributed by atoms with Crippen LogP contribution >= 0.6 is 0 Å². The number of aliphatic carboxylic acids is 1. The maximum absolute atomic E-state index is 12.1. The molecular formula is C20H27NO4. The Labute approximate surface area is 149 Å². The molecule has 2 atom stereocenters. The van der Waals surface area contributed by atoms with Crippen LogP contribution in [0.15, 0.2) is 42.5 Å². The van der Waals surface area contributed by atoms with Crippen LogP contribution in [0.5, 0.6) is 0 Å². The van der Waals surface area contributed by atoms with Crippen molar-refractivity contribution in [3.8, 4) is 0 Å². The van der Waals surface area contributed by atoms with Gasteiger partial charge in [0.15, 0.2) is 0 Å². The van der Waals surface area contributed by atoms with Crippen molar-refractivity contribution < 1.29 is 19.8 Å². The first-order valence-electron chi connectivity index (χ1n) is 9.00.